The van der Waals surface area contributed by atoms with Gasteiger partial charge in [-0.1, -0.05) is 12.1 Å². The molecule has 0 aliphatic rings. The van der Waals surface area contributed by atoms with Crippen molar-refractivity contribution in [1.29, 1.82) is 0 Å². The highest BCUT2D eigenvalue weighted by Gasteiger charge is 2.29. The van der Waals surface area contributed by atoms with Crippen molar-refractivity contribution in [2.75, 3.05) is 14.2 Å². The summed E-state index contributed by atoms with van der Waals surface area (Å²) in [6.45, 7) is 1.56. The molecule has 2 rings (SSSR count). The molecule has 20 heavy (non-hydrogen) atoms. The van der Waals surface area contributed by atoms with Gasteiger partial charge >= 0.3 is 0 Å². The second kappa shape index (κ2) is 5.51. The lowest BCUT2D eigenvalue weighted by molar-refractivity contribution is 0.0978. The number of benzene rings is 2. The van der Waals surface area contributed by atoms with Crippen LogP contribution in [-0.2, 0) is 5.60 Å². The van der Waals surface area contributed by atoms with E-state index < -0.39 is 11.4 Å². The molecular formula is C16H17FO3. The van der Waals surface area contributed by atoms with E-state index in [9.17, 15) is 9.50 Å². The summed E-state index contributed by atoms with van der Waals surface area (Å²) in [6.07, 6.45) is 0. The molecule has 0 aliphatic carbocycles. The zero-order valence-corrected chi connectivity index (χ0v) is 11.7. The molecule has 2 aromatic rings. The van der Waals surface area contributed by atoms with Gasteiger partial charge in [0.25, 0.3) is 0 Å². The third-order valence-corrected chi connectivity index (χ3v) is 3.35. The summed E-state index contributed by atoms with van der Waals surface area (Å²) < 4.78 is 24.1. The molecule has 2 aromatic carbocycles. The summed E-state index contributed by atoms with van der Waals surface area (Å²) in [6, 6.07) is 11.3. The zero-order valence-electron chi connectivity index (χ0n) is 11.7. The molecule has 3 nitrogen and oxygen atoms in total. The van der Waals surface area contributed by atoms with Crippen LogP contribution < -0.4 is 9.47 Å². The van der Waals surface area contributed by atoms with Gasteiger partial charge in [-0.3, -0.25) is 0 Å². The normalized spacial score (nSPS) is 13.7. The van der Waals surface area contributed by atoms with Crippen molar-refractivity contribution in [2.24, 2.45) is 0 Å². The third-order valence-electron chi connectivity index (χ3n) is 3.35. The molecule has 0 spiro atoms. The standard InChI is InChI=1S/C16H17FO3/c1-16(18,11-4-6-12(19-2)7-5-11)14-9-8-13(20-3)10-15(14)17/h4-10,18H,1-3H3. The summed E-state index contributed by atoms with van der Waals surface area (Å²) in [5.41, 5.74) is -0.645. The number of rotatable bonds is 4. The number of halogens is 1. The Labute approximate surface area is 117 Å². The topological polar surface area (TPSA) is 38.7 Å². The highest BCUT2D eigenvalue weighted by atomic mass is 19.1. The van der Waals surface area contributed by atoms with Crippen LogP contribution in [0.1, 0.15) is 18.1 Å². The monoisotopic (exact) mass is 276 g/mol. The minimum atomic E-state index is -1.43. The Morgan fingerprint density at radius 3 is 2.00 bits per heavy atom. The van der Waals surface area contributed by atoms with Crippen LogP contribution in [-0.4, -0.2) is 19.3 Å². The van der Waals surface area contributed by atoms with Gasteiger partial charge in [0.05, 0.1) is 14.2 Å². The largest absolute Gasteiger partial charge is 0.497 e. The van der Waals surface area contributed by atoms with Crippen LogP contribution in [0.25, 0.3) is 0 Å². The van der Waals surface area contributed by atoms with E-state index in [0.29, 0.717) is 17.1 Å². The first-order valence-corrected chi connectivity index (χ1v) is 6.20. The van der Waals surface area contributed by atoms with Crippen molar-refractivity contribution in [3.05, 3.63) is 59.4 Å². The smallest absolute Gasteiger partial charge is 0.133 e. The van der Waals surface area contributed by atoms with Gasteiger partial charge in [0, 0.05) is 11.6 Å². The molecule has 0 aliphatic heterocycles. The van der Waals surface area contributed by atoms with Gasteiger partial charge < -0.3 is 14.6 Å². The second-order valence-corrected chi connectivity index (χ2v) is 4.65. The summed E-state index contributed by atoms with van der Waals surface area (Å²) in [5.74, 6) is 0.585. The van der Waals surface area contributed by atoms with E-state index in [1.807, 2.05) is 0 Å². The van der Waals surface area contributed by atoms with Crippen LogP contribution >= 0.6 is 0 Å². The summed E-state index contributed by atoms with van der Waals surface area (Å²) >= 11 is 0. The third kappa shape index (κ3) is 2.60. The summed E-state index contributed by atoms with van der Waals surface area (Å²) in [7, 11) is 3.03. The SMILES string of the molecule is COc1ccc(C(C)(O)c2ccc(OC)cc2F)cc1. The Balaban J connectivity index is 2.42. The Bertz CT molecular complexity index is 591. The molecule has 0 bridgehead atoms. The maximum Gasteiger partial charge on any atom is 0.133 e. The van der Waals surface area contributed by atoms with Gasteiger partial charge in [-0.2, -0.15) is 0 Å². The van der Waals surface area contributed by atoms with E-state index >= 15 is 0 Å². The van der Waals surface area contributed by atoms with Gasteiger partial charge in [-0.05, 0) is 36.8 Å². The average molecular weight is 276 g/mol. The van der Waals surface area contributed by atoms with Crippen molar-refractivity contribution in [2.45, 2.75) is 12.5 Å². The molecule has 106 valence electrons. The lowest BCUT2D eigenvalue weighted by atomic mass is 9.88. The van der Waals surface area contributed by atoms with Crippen LogP contribution in [0.3, 0.4) is 0 Å². The molecule has 0 fully saturated rings. The predicted octanol–water partition coefficient (Wildman–Crippen LogP) is 3.10. The number of ether oxygens (including phenoxy) is 2. The maximum atomic E-state index is 14.1. The number of hydrogen-bond donors (Lipinski definition) is 1. The fourth-order valence-corrected chi connectivity index (χ4v) is 2.09. The molecule has 0 aromatic heterocycles. The number of hydrogen-bond acceptors (Lipinski definition) is 3. The van der Waals surface area contributed by atoms with Crippen LogP contribution in [0.2, 0.25) is 0 Å². The van der Waals surface area contributed by atoms with Crippen molar-refractivity contribution in [3.63, 3.8) is 0 Å². The minimum Gasteiger partial charge on any atom is -0.497 e. The fourth-order valence-electron chi connectivity index (χ4n) is 2.09. The molecule has 0 heterocycles. The number of methoxy groups -OCH3 is 2. The molecule has 0 saturated carbocycles. The van der Waals surface area contributed by atoms with Crippen molar-refractivity contribution in [1.82, 2.24) is 0 Å². The van der Waals surface area contributed by atoms with Gasteiger partial charge in [-0.25, -0.2) is 4.39 Å². The van der Waals surface area contributed by atoms with Crippen LogP contribution in [0.5, 0.6) is 11.5 Å². The van der Waals surface area contributed by atoms with Gasteiger partial charge in [0.2, 0.25) is 0 Å². The first-order valence-electron chi connectivity index (χ1n) is 6.20. The van der Waals surface area contributed by atoms with Gasteiger partial charge in [-0.15, -0.1) is 0 Å². The summed E-state index contributed by atoms with van der Waals surface area (Å²) in [5, 5.41) is 10.6. The van der Waals surface area contributed by atoms with E-state index in [-0.39, 0.29) is 5.56 Å². The molecule has 0 saturated heterocycles. The maximum absolute atomic E-state index is 14.1. The molecule has 1 N–H and O–H groups in total. The first-order chi connectivity index (χ1) is 9.48. The Morgan fingerprint density at radius 2 is 1.50 bits per heavy atom. The highest BCUT2D eigenvalue weighted by molar-refractivity contribution is 5.40. The molecule has 1 unspecified atom stereocenters. The van der Waals surface area contributed by atoms with Crippen LogP contribution in [0, 0.1) is 5.82 Å². The quantitative estimate of drug-likeness (QED) is 0.932. The minimum absolute atomic E-state index is 0.198. The van der Waals surface area contributed by atoms with E-state index in [1.54, 1.807) is 44.4 Å². The molecule has 0 amide bonds. The van der Waals surface area contributed by atoms with Crippen molar-refractivity contribution >= 4 is 0 Å². The second-order valence-electron chi connectivity index (χ2n) is 4.65. The highest BCUT2D eigenvalue weighted by Crippen LogP contribution is 2.33. The predicted molar refractivity (Wildman–Crippen MR) is 74.6 cm³/mol. The molecule has 4 heteroatoms. The van der Waals surface area contributed by atoms with Crippen LogP contribution in [0.4, 0.5) is 4.39 Å². The van der Waals surface area contributed by atoms with E-state index in [4.69, 9.17) is 9.47 Å². The lowest BCUT2D eigenvalue weighted by Crippen LogP contribution is -2.24. The lowest BCUT2D eigenvalue weighted by Gasteiger charge is -2.25. The zero-order chi connectivity index (χ0) is 14.8. The van der Waals surface area contributed by atoms with Gasteiger partial charge in [0.15, 0.2) is 0 Å². The van der Waals surface area contributed by atoms with Crippen molar-refractivity contribution < 1.29 is 19.0 Å². The van der Waals surface area contributed by atoms with Crippen molar-refractivity contribution in [3.8, 4) is 11.5 Å². The molecule has 0 radical (unpaired) electrons. The van der Waals surface area contributed by atoms with Gasteiger partial charge in [0.1, 0.15) is 22.9 Å². The average Bonchev–Trinajstić information content (AvgIpc) is 2.46. The molecule has 1 atom stereocenters. The Hall–Kier alpha value is -2.07. The van der Waals surface area contributed by atoms with E-state index in [1.165, 1.54) is 19.2 Å². The molecular weight excluding hydrogens is 259 g/mol. The van der Waals surface area contributed by atoms with E-state index in [2.05, 4.69) is 0 Å². The van der Waals surface area contributed by atoms with Crippen LogP contribution in [0.15, 0.2) is 42.5 Å². The summed E-state index contributed by atoms with van der Waals surface area (Å²) in [4.78, 5) is 0. The first kappa shape index (κ1) is 14.3. The fraction of sp³-hybridized carbons (Fsp3) is 0.250. The van der Waals surface area contributed by atoms with E-state index in [0.717, 1.165) is 0 Å². The Morgan fingerprint density at radius 1 is 0.950 bits per heavy atom. The number of aliphatic hydroxyl groups is 1. The Kier molecular flexibility index (Phi) is 3.95.